The van der Waals surface area contributed by atoms with Gasteiger partial charge in [0.1, 0.15) is 5.82 Å². The van der Waals surface area contributed by atoms with Crippen LogP contribution in [0.25, 0.3) is 22.2 Å². The number of aromatic nitrogens is 3. The van der Waals surface area contributed by atoms with Crippen molar-refractivity contribution in [2.24, 2.45) is 0 Å². The summed E-state index contributed by atoms with van der Waals surface area (Å²) in [4.78, 5) is 25.8. The van der Waals surface area contributed by atoms with E-state index in [2.05, 4.69) is 20.3 Å². The normalized spacial score (nSPS) is 10.7. The maximum atomic E-state index is 12.6. The Morgan fingerprint density at radius 2 is 1.63 bits per heavy atom. The minimum atomic E-state index is -0.118. The third-order valence-electron chi connectivity index (χ3n) is 4.30. The van der Waals surface area contributed by atoms with E-state index in [4.69, 9.17) is 0 Å². The van der Waals surface area contributed by atoms with E-state index in [0.717, 1.165) is 22.2 Å². The number of fused-ring (bicyclic) bond motifs is 1. The Bertz CT molecular complexity index is 1070. The van der Waals surface area contributed by atoms with E-state index < -0.39 is 0 Å². The number of nitrogens with zero attached hydrogens (tertiary/aromatic N) is 3. The lowest BCUT2D eigenvalue weighted by molar-refractivity contribution is 0.0955. The van der Waals surface area contributed by atoms with Gasteiger partial charge >= 0.3 is 0 Å². The van der Waals surface area contributed by atoms with Gasteiger partial charge in [-0.1, -0.05) is 48.5 Å². The fourth-order valence-corrected chi connectivity index (χ4v) is 2.97. The lowest BCUT2D eigenvalue weighted by Crippen LogP contribution is -2.26. The van der Waals surface area contributed by atoms with Gasteiger partial charge in [-0.05, 0) is 18.2 Å². The third kappa shape index (κ3) is 3.82. The monoisotopic (exact) mass is 354 g/mol. The number of rotatable bonds is 5. The number of hydrogen-bond acceptors (Lipinski definition) is 4. The lowest BCUT2D eigenvalue weighted by atomic mass is 10.1. The van der Waals surface area contributed by atoms with E-state index in [1.165, 1.54) is 0 Å². The van der Waals surface area contributed by atoms with Gasteiger partial charge in [-0.2, -0.15) is 0 Å². The molecule has 0 atom stereocenters. The summed E-state index contributed by atoms with van der Waals surface area (Å²) in [6, 6.07) is 21.2. The second-order valence-electron chi connectivity index (χ2n) is 6.11. The van der Waals surface area contributed by atoms with Crippen molar-refractivity contribution in [3.63, 3.8) is 0 Å². The second-order valence-corrected chi connectivity index (χ2v) is 6.11. The van der Waals surface area contributed by atoms with E-state index in [9.17, 15) is 4.79 Å². The molecule has 132 valence electrons. The van der Waals surface area contributed by atoms with Gasteiger partial charge < -0.3 is 5.32 Å². The molecule has 4 rings (SSSR count). The number of hydrogen-bond donors (Lipinski definition) is 1. The predicted molar refractivity (Wildman–Crippen MR) is 105 cm³/mol. The maximum Gasteiger partial charge on any atom is 0.252 e. The Hall–Kier alpha value is -3.60. The van der Waals surface area contributed by atoms with E-state index in [1.54, 1.807) is 18.5 Å². The van der Waals surface area contributed by atoms with Gasteiger partial charge in [0.25, 0.3) is 5.91 Å². The van der Waals surface area contributed by atoms with Gasteiger partial charge in [-0.3, -0.25) is 9.78 Å². The molecule has 2 aromatic carbocycles. The number of benzene rings is 2. The second kappa shape index (κ2) is 7.74. The smallest absolute Gasteiger partial charge is 0.252 e. The van der Waals surface area contributed by atoms with Crippen molar-refractivity contribution in [1.82, 2.24) is 20.3 Å². The summed E-state index contributed by atoms with van der Waals surface area (Å²) in [7, 11) is 0. The number of pyridine rings is 1. The van der Waals surface area contributed by atoms with Crippen LogP contribution in [0.3, 0.4) is 0 Å². The molecule has 2 aromatic heterocycles. The molecule has 4 aromatic rings. The summed E-state index contributed by atoms with van der Waals surface area (Å²) < 4.78 is 0. The first-order chi connectivity index (χ1) is 13.3. The topological polar surface area (TPSA) is 67.8 Å². The number of amides is 1. The van der Waals surface area contributed by atoms with Crippen LogP contribution in [0.4, 0.5) is 0 Å². The van der Waals surface area contributed by atoms with Gasteiger partial charge in [0.05, 0.1) is 16.8 Å². The van der Waals surface area contributed by atoms with Crippen LogP contribution in [-0.4, -0.2) is 27.4 Å². The molecule has 2 heterocycles. The molecule has 1 N–H and O–H groups in total. The average Bonchev–Trinajstić information content (AvgIpc) is 2.74. The highest BCUT2D eigenvalue weighted by Crippen LogP contribution is 2.17. The first-order valence-corrected chi connectivity index (χ1v) is 8.80. The molecular weight excluding hydrogens is 336 g/mol. The van der Waals surface area contributed by atoms with Gasteiger partial charge in [-0.25, -0.2) is 9.97 Å². The van der Waals surface area contributed by atoms with Crippen LogP contribution in [0.5, 0.6) is 0 Å². The number of carbonyl (C=O) groups is 1. The highest BCUT2D eigenvalue weighted by Gasteiger charge is 2.10. The molecule has 0 bridgehead atoms. The van der Waals surface area contributed by atoms with Gasteiger partial charge in [0.15, 0.2) is 0 Å². The molecule has 5 heteroatoms. The summed E-state index contributed by atoms with van der Waals surface area (Å²) >= 11 is 0. The molecule has 0 saturated carbocycles. The SMILES string of the molecule is O=C(NCCc1nccc(-c2ccccc2)n1)c1ccnc2ccccc12. The highest BCUT2D eigenvalue weighted by atomic mass is 16.1. The molecule has 0 aliphatic heterocycles. The molecule has 27 heavy (non-hydrogen) atoms. The zero-order valence-electron chi connectivity index (χ0n) is 14.7. The van der Waals surface area contributed by atoms with Crippen molar-refractivity contribution in [3.05, 3.63) is 90.5 Å². The van der Waals surface area contributed by atoms with E-state index in [-0.39, 0.29) is 5.91 Å². The Kier molecular flexibility index (Phi) is 4.83. The highest BCUT2D eigenvalue weighted by molar-refractivity contribution is 6.05. The predicted octanol–water partition coefficient (Wildman–Crippen LogP) is 3.66. The van der Waals surface area contributed by atoms with Crippen molar-refractivity contribution < 1.29 is 4.79 Å². The molecule has 0 radical (unpaired) electrons. The minimum Gasteiger partial charge on any atom is -0.352 e. The van der Waals surface area contributed by atoms with Crippen LogP contribution in [0.1, 0.15) is 16.2 Å². The summed E-state index contributed by atoms with van der Waals surface area (Å²) in [6.07, 6.45) is 3.97. The number of carbonyl (C=O) groups excluding carboxylic acids is 1. The van der Waals surface area contributed by atoms with Gasteiger partial charge in [-0.15, -0.1) is 0 Å². The molecule has 0 saturated heterocycles. The molecular formula is C22H18N4O. The first kappa shape index (κ1) is 16.8. The molecule has 1 amide bonds. The van der Waals surface area contributed by atoms with Crippen LogP contribution >= 0.6 is 0 Å². The fraction of sp³-hybridized carbons (Fsp3) is 0.0909. The van der Waals surface area contributed by atoms with Crippen LogP contribution in [-0.2, 0) is 6.42 Å². The van der Waals surface area contributed by atoms with Crippen molar-refractivity contribution in [2.75, 3.05) is 6.54 Å². The standard InChI is InChI=1S/C22H18N4O/c27-22(18-10-13-23-20-9-5-4-8-17(18)20)25-15-12-21-24-14-11-19(26-21)16-6-2-1-3-7-16/h1-11,13-14H,12,15H2,(H,25,27). The van der Waals surface area contributed by atoms with E-state index in [0.29, 0.717) is 24.4 Å². The quantitative estimate of drug-likeness (QED) is 0.594. The Morgan fingerprint density at radius 3 is 2.52 bits per heavy atom. The summed E-state index contributed by atoms with van der Waals surface area (Å²) in [5.41, 5.74) is 3.36. The van der Waals surface area contributed by atoms with Crippen LogP contribution in [0.2, 0.25) is 0 Å². The summed E-state index contributed by atoms with van der Waals surface area (Å²) in [5.74, 6) is 0.587. The summed E-state index contributed by atoms with van der Waals surface area (Å²) in [5, 5.41) is 3.80. The maximum absolute atomic E-state index is 12.6. The average molecular weight is 354 g/mol. The van der Waals surface area contributed by atoms with E-state index >= 15 is 0 Å². The molecule has 5 nitrogen and oxygen atoms in total. The molecule has 0 spiro atoms. The molecule has 0 aliphatic rings. The summed E-state index contributed by atoms with van der Waals surface area (Å²) in [6.45, 7) is 0.466. The first-order valence-electron chi connectivity index (χ1n) is 8.80. The number of para-hydroxylation sites is 1. The van der Waals surface area contributed by atoms with Gasteiger partial charge in [0.2, 0.25) is 0 Å². The van der Waals surface area contributed by atoms with Gasteiger partial charge in [0, 0.05) is 36.3 Å². The Balaban J connectivity index is 1.43. The minimum absolute atomic E-state index is 0.118. The molecule has 0 aliphatic carbocycles. The van der Waals surface area contributed by atoms with Crippen molar-refractivity contribution in [2.45, 2.75) is 6.42 Å². The zero-order chi connectivity index (χ0) is 18.5. The molecule has 0 fully saturated rings. The third-order valence-corrected chi connectivity index (χ3v) is 4.30. The van der Waals surface area contributed by atoms with Crippen LogP contribution in [0, 0.1) is 0 Å². The Labute approximate surface area is 157 Å². The van der Waals surface area contributed by atoms with Crippen molar-refractivity contribution in [3.8, 4) is 11.3 Å². The van der Waals surface area contributed by atoms with Crippen LogP contribution in [0.15, 0.2) is 79.1 Å². The van der Waals surface area contributed by atoms with Crippen molar-refractivity contribution >= 4 is 16.8 Å². The Morgan fingerprint density at radius 1 is 0.852 bits per heavy atom. The van der Waals surface area contributed by atoms with E-state index in [1.807, 2.05) is 60.7 Å². The fourth-order valence-electron chi connectivity index (χ4n) is 2.97. The number of nitrogens with one attached hydrogen (secondary N) is 1. The zero-order valence-corrected chi connectivity index (χ0v) is 14.7. The molecule has 0 unspecified atom stereocenters. The van der Waals surface area contributed by atoms with Crippen LogP contribution < -0.4 is 5.32 Å². The van der Waals surface area contributed by atoms with Crippen molar-refractivity contribution in [1.29, 1.82) is 0 Å². The largest absolute Gasteiger partial charge is 0.352 e. The lowest BCUT2D eigenvalue weighted by Gasteiger charge is -2.08.